The molecule has 0 radical (unpaired) electrons. The summed E-state index contributed by atoms with van der Waals surface area (Å²) >= 11 is 5.79. The number of halogens is 3. The van der Waals surface area contributed by atoms with Gasteiger partial charge in [0.15, 0.2) is 0 Å². The second kappa shape index (κ2) is 6.78. The Hall–Kier alpha value is -1.50. The lowest BCUT2D eigenvalue weighted by Crippen LogP contribution is -2.38. The fraction of sp³-hybridized carbons (Fsp3) is 0.294. The number of piperidine rings is 1. The molecule has 0 atom stereocenters. The van der Waals surface area contributed by atoms with Gasteiger partial charge < -0.3 is 0 Å². The molecule has 24 heavy (non-hydrogen) atoms. The predicted octanol–water partition coefficient (Wildman–Crippen LogP) is 4.19. The molecule has 1 saturated heterocycles. The predicted molar refractivity (Wildman–Crippen MR) is 88.5 cm³/mol. The molecule has 1 fully saturated rings. The summed E-state index contributed by atoms with van der Waals surface area (Å²) < 4.78 is 53.8. The number of rotatable bonds is 3. The van der Waals surface area contributed by atoms with E-state index in [0.29, 0.717) is 23.4 Å². The average molecular weight is 372 g/mol. The highest BCUT2D eigenvalue weighted by molar-refractivity contribution is 7.89. The zero-order valence-electron chi connectivity index (χ0n) is 12.8. The first kappa shape index (κ1) is 17.3. The lowest BCUT2D eigenvalue weighted by molar-refractivity contribution is 0.315. The average Bonchev–Trinajstić information content (AvgIpc) is 2.57. The van der Waals surface area contributed by atoms with E-state index in [4.69, 9.17) is 11.6 Å². The maximum atomic E-state index is 13.9. The third-order valence-corrected chi connectivity index (χ3v) is 6.47. The van der Waals surface area contributed by atoms with Crippen molar-refractivity contribution in [1.29, 1.82) is 0 Å². The van der Waals surface area contributed by atoms with Gasteiger partial charge in [0.2, 0.25) is 10.0 Å². The largest absolute Gasteiger partial charge is 0.243 e. The van der Waals surface area contributed by atoms with Gasteiger partial charge in [0.25, 0.3) is 0 Å². The fourth-order valence-corrected chi connectivity index (χ4v) is 4.59. The van der Waals surface area contributed by atoms with E-state index >= 15 is 0 Å². The van der Waals surface area contributed by atoms with Crippen LogP contribution in [0.2, 0.25) is 5.02 Å². The number of benzene rings is 2. The van der Waals surface area contributed by atoms with Gasteiger partial charge in [0.1, 0.15) is 11.6 Å². The Balaban J connectivity index is 1.75. The van der Waals surface area contributed by atoms with Gasteiger partial charge in [-0.05, 0) is 66.8 Å². The van der Waals surface area contributed by atoms with E-state index in [1.807, 2.05) is 0 Å². The van der Waals surface area contributed by atoms with Gasteiger partial charge in [-0.3, -0.25) is 0 Å². The molecule has 0 spiro atoms. The van der Waals surface area contributed by atoms with Crippen LogP contribution in [0.15, 0.2) is 47.4 Å². The van der Waals surface area contributed by atoms with Crippen LogP contribution in [0.4, 0.5) is 8.78 Å². The molecule has 2 aromatic rings. The summed E-state index contributed by atoms with van der Waals surface area (Å²) in [4.78, 5) is 0.183. The summed E-state index contributed by atoms with van der Waals surface area (Å²) in [5.74, 6) is -1.12. The normalized spacial score (nSPS) is 17.1. The lowest BCUT2D eigenvalue weighted by atomic mass is 9.90. The summed E-state index contributed by atoms with van der Waals surface area (Å²) in [5, 5.41) is 0.467. The Labute approximate surface area is 144 Å². The van der Waals surface area contributed by atoms with Gasteiger partial charge in [-0.2, -0.15) is 4.31 Å². The number of nitrogens with zero attached hydrogens (tertiary/aromatic N) is 1. The van der Waals surface area contributed by atoms with E-state index < -0.39 is 21.7 Å². The Morgan fingerprint density at radius 2 is 1.62 bits per heavy atom. The van der Waals surface area contributed by atoms with Crippen molar-refractivity contribution in [3.05, 3.63) is 64.7 Å². The van der Waals surface area contributed by atoms with Gasteiger partial charge in [0.05, 0.1) is 4.90 Å². The number of sulfonamides is 1. The first-order valence-corrected chi connectivity index (χ1v) is 9.40. The molecule has 0 bridgehead atoms. The molecule has 1 heterocycles. The van der Waals surface area contributed by atoms with Crippen LogP contribution >= 0.6 is 11.6 Å². The van der Waals surface area contributed by atoms with E-state index in [-0.39, 0.29) is 23.9 Å². The third kappa shape index (κ3) is 3.45. The second-order valence-corrected chi connectivity index (χ2v) is 8.17. The van der Waals surface area contributed by atoms with Crippen molar-refractivity contribution in [2.24, 2.45) is 0 Å². The summed E-state index contributed by atoms with van der Waals surface area (Å²) in [6.07, 6.45) is 0.903. The molecule has 0 unspecified atom stereocenters. The topological polar surface area (TPSA) is 37.4 Å². The summed E-state index contributed by atoms with van der Waals surface area (Å²) in [7, 11) is -3.60. The summed E-state index contributed by atoms with van der Waals surface area (Å²) in [5.41, 5.74) is 0.318. The Morgan fingerprint density at radius 3 is 2.25 bits per heavy atom. The third-order valence-electron chi connectivity index (χ3n) is 4.30. The van der Waals surface area contributed by atoms with Crippen molar-refractivity contribution < 1.29 is 17.2 Å². The first-order valence-electron chi connectivity index (χ1n) is 7.58. The smallest absolute Gasteiger partial charge is 0.207 e. The van der Waals surface area contributed by atoms with Crippen molar-refractivity contribution in [1.82, 2.24) is 4.31 Å². The standard InChI is InChI=1S/C17H16ClF2NO2S/c18-13-1-4-15(5-2-13)24(22,23)21-9-7-12(8-10-21)16-11-14(19)3-6-17(16)20/h1-6,11-12H,7-10H2. The van der Waals surface area contributed by atoms with Crippen LogP contribution in [0, 0.1) is 11.6 Å². The van der Waals surface area contributed by atoms with E-state index in [9.17, 15) is 17.2 Å². The van der Waals surface area contributed by atoms with Gasteiger partial charge in [-0.15, -0.1) is 0 Å². The maximum Gasteiger partial charge on any atom is 0.243 e. The highest BCUT2D eigenvalue weighted by atomic mass is 35.5. The minimum atomic E-state index is -3.60. The molecular weight excluding hydrogens is 356 g/mol. The minimum absolute atomic E-state index is 0.183. The van der Waals surface area contributed by atoms with E-state index in [1.165, 1.54) is 34.6 Å². The van der Waals surface area contributed by atoms with Crippen LogP contribution in [0.1, 0.15) is 24.3 Å². The monoisotopic (exact) mass is 371 g/mol. The van der Waals surface area contributed by atoms with Crippen LogP contribution < -0.4 is 0 Å². The molecule has 2 aromatic carbocycles. The van der Waals surface area contributed by atoms with Crippen molar-refractivity contribution in [3.8, 4) is 0 Å². The molecule has 7 heteroatoms. The molecule has 3 nitrogen and oxygen atoms in total. The second-order valence-electron chi connectivity index (χ2n) is 5.80. The van der Waals surface area contributed by atoms with Crippen molar-refractivity contribution in [3.63, 3.8) is 0 Å². The van der Waals surface area contributed by atoms with Crippen LogP contribution in [0.5, 0.6) is 0 Å². The van der Waals surface area contributed by atoms with Crippen molar-refractivity contribution in [2.75, 3.05) is 13.1 Å². The highest BCUT2D eigenvalue weighted by Gasteiger charge is 2.30. The molecule has 3 rings (SSSR count). The SMILES string of the molecule is O=S(=O)(c1ccc(Cl)cc1)N1CCC(c2cc(F)ccc2F)CC1. The molecule has 0 N–H and O–H groups in total. The maximum absolute atomic E-state index is 13.9. The van der Waals surface area contributed by atoms with E-state index in [2.05, 4.69) is 0 Å². The zero-order valence-corrected chi connectivity index (χ0v) is 14.3. The highest BCUT2D eigenvalue weighted by Crippen LogP contribution is 2.32. The van der Waals surface area contributed by atoms with Gasteiger partial charge in [0, 0.05) is 18.1 Å². The number of hydrogen-bond acceptors (Lipinski definition) is 2. The van der Waals surface area contributed by atoms with Crippen LogP contribution in [-0.4, -0.2) is 25.8 Å². The molecule has 0 aliphatic carbocycles. The Morgan fingerprint density at radius 1 is 1.00 bits per heavy atom. The van der Waals surface area contributed by atoms with Gasteiger partial charge >= 0.3 is 0 Å². The van der Waals surface area contributed by atoms with E-state index in [1.54, 1.807) is 0 Å². The van der Waals surface area contributed by atoms with Crippen molar-refractivity contribution >= 4 is 21.6 Å². The summed E-state index contributed by atoms with van der Waals surface area (Å²) in [6.45, 7) is 0.539. The Kier molecular flexibility index (Phi) is 4.90. The molecule has 1 aliphatic rings. The molecule has 0 saturated carbocycles. The Bertz CT molecular complexity index is 832. The first-order chi connectivity index (χ1) is 11.4. The van der Waals surface area contributed by atoms with Gasteiger partial charge in [-0.25, -0.2) is 17.2 Å². The van der Waals surface area contributed by atoms with E-state index in [0.717, 1.165) is 12.1 Å². The molecule has 128 valence electrons. The molecular formula is C17H16ClF2NO2S. The van der Waals surface area contributed by atoms with Crippen LogP contribution in [-0.2, 0) is 10.0 Å². The lowest BCUT2D eigenvalue weighted by Gasteiger charge is -2.31. The quantitative estimate of drug-likeness (QED) is 0.811. The number of hydrogen-bond donors (Lipinski definition) is 0. The molecule has 0 amide bonds. The van der Waals surface area contributed by atoms with Crippen LogP contribution in [0.25, 0.3) is 0 Å². The van der Waals surface area contributed by atoms with Crippen LogP contribution in [0.3, 0.4) is 0 Å². The summed E-state index contributed by atoms with van der Waals surface area (Å²) in [6, 6.07) is 9.39. The minimum Gasteiger partial charge on any atom is -0.207 e. The van der Waals surface area contributed by atoms with Gasteiger partial charge in [-0.1, -0.05) is 11.6 Å². The molecule has 1 aliphatic heterocycles. The zero-order chi connectivity index (χ0) is 17.3. The fourth-order valence-electron chi connectivity index (χ4n) is 2.99. The van der Waals surface area contributed by atoms with Crippen molar-refractivity contribution in [2.45, 2.75) is 23.7 Å². The molecule has 0 aromatic heterocycles.